The average Bonchev–Trinajstić information content (AvgIpc) is 2.77. The molecule has 0 atom stereocenters. The predicted octanol–water partition coefficient (Wildman–Crippen LogP) is 3.32. The molecule has 0 radical (unpaired) electrons. The Morgan fingerprint density at radius 1 is 1.19 bits per heavy atom. The van der Waals surface area contributed by atoms with E-state index < -0.39 is 41.4 Å². The van der Waals surface area contributed by atoms with Crippen molar-refractivity contribution in [3.63, 3.8) is 0 Å². The summed E-state index contributed by atoms with van der Waals surface area (Å²) in [4.78, 5) is 0. The number of phenols is 1. The first-order chi connectivity index (χ1) is 12.2. The van der Waals surface area contributed by atoms with Gasteiger partial charge in [-0.15, -0.1) is 0 Å². The fraction of sp³-hybridized carbons (Fsp3) is 0.333. The van der Waals surface area contributed by atoms with Gasteiger partial charge in [-0.1, -0.05) is 0 Å². The quantitative estimate of drug-likeness (QED) is 0.320. The third-order valence-electron chi connectivity index (χ3n) is 4.90. The molecule has 0 unspecified atom stereocenters. The van der Waals surface area contributed by atoms with Crippen molar-refractivity contribution >= 4 is 62.3 Å². The summed E-state index contributed by atoms with van der Waals surface area (Å²) < 4.78 is 30.8. The molecule has 1 N–H and O–H groups in total. The maximum absolute atomic E-state index is 14.6. The molecule has 0 bridgehead atoms. The third kappa shape index (κ3) is 3.74. The molecular formula is C18H17BFO3PSTl+. The summed E-state index contributed by atoms with van der Waals surface area (Å²) in [6.45, 7) is 7.82. The van der Waals surface area contributed by atoms with Crippen LogP contribution in [0.1, 0.15) is 33.3 Å². The van der Waals surface area contributed by atoms with Gasteiger partial charge < -0.3 is 0 Å². The minimum atomic E-state index is -1.34. The summed E-state index contributed by atoms with van der Waals surface area (Å²) in [5.74, 6) is 2.67. The normalized spacial score (nSPS) is 17.5. The summed E-state index contributed by atoms with van der Waals surface area (Å²) in [5.41, 5.74) is -0.159. The molecule has 1 saturated heterocycles. The van der Waals surface area contributed by atoms with Crippen LogP contribution in [-0.2, 0) is 21.1 Å². The number of hydrogen-bond donors (Lipinski definition) is 1. The zero-order valence-corrected chi connectivity index (χ0v) is 21.2. The molecule has 0 saturated carbocycles. The zero-order chi connectivity index (χ0) is 19.1. The van der Waals surface area contributed by atoms with E-state index in [1.807, 2.05) is 27.7 Å². The van der Waals surface area contributed by atoms with Gasteiger partial charge in [0.15, 0.2) is 0 Å². The molecule has 3 nitrogen and oxygen atoms in total. The van der Waals surface area contributed by atoms with Crippen LogP contribution in [0.15, 0.2) is 24.3 Å². The SMILES string of the molecule is CC1(C)OB(c2cc(O)cc3ccc(F)c(C#[C][Tl]=[P+]=S)c23)OC1(C)C. The summed E-state index contributed by atoms with van der Waals surface area (Å²) in [6, 6.07) is 6.19. The van der Waals surface area contributed by atoms with E-state index in [4.69, 9.17) is 21.1 Å². The van der Waals surface area contributed by atoms with Crippen LogP contribution in [0, 0.1) is 15.2 Å². The zero-order valence-electron chi connectivity index (χ0n) is 15.0. The molecule has 130 valence electrons. The maximum atomic E-state index is 14.6. The molecule has 2 aromatic carbocycles. The molecule has 1 fully saturated rings. The number of phenolic OH excluding ortho intramolecular Hbond substituents is 1. The van der Waals surface area contributed by atoms with Gasteiger partial charge in [0.25, 0.3) is 0 Å². The van der Waals surface area contributed by atoms with Gasteiger partial charge in [-0.3, -0.25) is 0 Å². The molecule has 1 heterocycles. The number of fused-ring (bicyclic) bond motifs is 1. The van der Waals surface area contributed by atoms with Gasteiger partial charge in [0.2, 0.25) is 0 Å². The van der Waals surface area contributed by atoms with E-state index in [0.717, 1.165) is 4.00 Å². The second-order valence-electron chi connectivity index (χ2n) is 7.15. The molecule has 0 spiro atoms. The van der Waals surface area contributed by atoms with Crippen molar-refractivity contribution < 1.29 is 18.8 Å². The fourth-order valence-corrected chi connectivity index (χ4v) is 6.30. The molecule has 1 aliphatic heterocycles. The van der Waals surface area contributed by atoms with Crippen molar-refractivity contribution in [3.8, 4) is 15.1 Å². The van der Waals surface area contributed by atoms with E-state index in [1.54, 1.807) is 18.2 Å². The van der Waals surface area contributed by atoms with Crippen molar-refractivity contribution in [3.05, 3.63) is 35.6 Å². The van der Waals surface area contributed by atoms with Gasteiger partial charge >= 0.3 is 171 Å². The van der Waals surface area contributed by atoms with Crippen LogP contribution < -0.4 is 5.46 Å². The second kappa shape index (κ2) is 7.52. The van der Waals surface area contributed by atoms with Gasteiger partial charge in [-0.25, -0.2) is 0 Å². The van der Waals surface area contributed by atoms with E-state index in [9.17, 15) is 9.50 Å². The Hall–Kier alpha value is -0.453. The van der Waals surface area contributed by atoms with Crippen molar-refractivity contribution in [1.29, 1.82) is 0 Å². The molecular weight excluding hydrogens is 561 g/mol. The fourth-order valence-electron chi connectivity index (χ4n) is 2.87. The second-order valence-corrected chi connectivity index (χ2v) is 19.8. The third-order valence-corrected chi connectivity index (χ3v) is 11.2. The van der Waals surface area contributed by atoms with Gasteiger partial charge in [0.05, 0.1) is 0 Å². The Balaban J connectivity index is 2.28. The van der Waals surface area contributed by atoms with Crippen LogP contribution in [0.2, 0.25) is 0 Å². The van der Waals surface area contributed by atoms with Crippen LogP contribution in [0.25, 0.3) is 10.8 Å². The number of benzene rings is 2. The minimum absolute atomic E-state index is 0.0795. The van der Waals surface area contributed by atoms with Gasteiger partial charge in [0.1, 0.15) is 0 Å². The summed E-state index contributed by atoms with van der Waals surface area (Å²) in [6.07, 6.45) is 0. The first kappa shape index (κ1) is 20.3. The Bertz CT molecular complexity index is 993. The van der Waals surface area contributed by atoms with Crippen LogP contribution in [-0.4, -0.2) is 46.5 Å². The summed E-state index contributed by atoms with van der Waals surface area (Å²) in [5, 5.41) is 11.5. The van der Waals surface area contributed by atoms with E-state index >= 15 is 0 Å². The van der Waals surface area contributed by atoms with E-state index in [-0.39, 0.29) is 11.6 Å². The Morgan fingerprint density at radius 3 is 2.46 bits per heavy atom. The predicted molar refractivity (Wildman–Crippen MR) is 108 cm³/mol. The van der Waals surface area contributed by atoms with E-state index in [2.05, 4.69) is 9.40 Å². The molecule has 8 heteroatoms. The molecule has 2 aromatic rings. The van der Waals surface area contributed by atoms with Crippen LogP contribution in [0.3, 0.4) is 0 Å². The Kier molecular flexibility index (Phi) is 5.87. The number of rotatable bonds is 1. The molecule has 26 heavy (non-hydrogen) atoms. The first-order valence-electron chi connectivity index (χ1n) is 8.13. The van der Waals surface area contributed by atoms with Gasteiger partial charge in [0, 0.05) is 0 Å². The van der Waals surface area contributed by atoms with Crippen molar-refractivity contribution in [2.24, 2.45) is 0 Å². The standard InChI is InChI=1S/C18H17BFO3.PS.Tl/c1-6-13-15(20)8-7-11-9-12(21)10-14(16(11)13)19-22-17(2,3)18(4,5)23-19;1-2;/h7-10,21H,2-5H3;;/q;-1;+2. The molecule has 3 rings (SSSR count). The molecule has 1 aliphatic rings. The molecule has 0 amide bonds. The van der Waals surface area contributed by atoms with Crippen molar-refractivity contribution in [1.82, 2.24) is 0 Å². The van der Waals surface area contributed by atoms with Crippen LogP contribution >= 0.6 is 4.00 Å². The Morgan fingerprint density at radius 2 is 1.85 bits per heavy atom. The molecule has 0 aliphatic carbocycles. The first-order valence-corrected chi connectivity index (χ1v) is 18.4. The van der Waals surface area contributed by atoms with Gasteiger partial charge in [-0.05, 0) is 0 Å². The number of aromatic hydroxyl groups is 1. The monoisotopic (exact) mass is 579 g/mol. The number of halogens is 1. The topological polar surface area (TPSA) is 38.7 Å². The Labute approximate surface area is 170 Å². The van der Waals surface area contributed by atoms with Crippen LogP contribution in [0.5, 0.6) is 5.75 Å². The van der Waals surface area contributed by atoms with E-state index in [1.165, 1.54) is 6.07 Å². The number of hydrogen-bond acceptors (Lipinski definition) is 4. The van der Waals surface area contributed by atoms with Crippen molar-refractivity contribution in [2.75, 3.05) is 0 Å². The van der Waals surface area contributed by atoms with Crippen molar-refractivity contribution in [2.45, 2.75) is 38.9 Å². The van der Waals surface area contributed by atoms with Gasteiger partial charge in [-0.2, -0.15) is 0 Å². The summed E-state index contributed by atoms with van der Waals surface area (Å²) >= 11 is 3.64. The van der Waals surface area contributed by atoms with Crippen LogP contribution in [0.4, 0.5) is 4.39 Å². The average molecular weight is 579 g/mol. The molecule has 0 aromatic heterocycles. The van der Waals surface area contributed by atoms with E-state index in [0.29, 0.717) is 21.8 Å². The summed E-state index contributed by atoms with van der Waals surface area (Å²) in [7, 11) is -0.711.